The van der Waals surface area contributed by atoms with Crippen LogP contribution < -0.4 is 5.32 Å². The first-order valence-corrected chi connectivity index (χ1v) is 10.3. The molecule has 2 aromatic rings. The Morgan fingerprint density at radius 2 is 1.96 bits per heavy atom. The smallest absolute Gasteiger partial charge is 0.341 e. The molecule has 1 amide bonds. The Morgan fingerprint density at radius 1 is 1.22 bits per heavy atom. The van der Waals surface area contributed by atoms with Gasteiger partial charge in [0.25, 0.3) is 0 Å². The average Bonchev–Trinajstić information content (AvgIpc) is 3.12. The van der Waals surface area contributed by atoms with Gasteiger partial charge in [-0.2, -0.15) is 0 Å². The van der Waals surface area contributed by atoms with Gasteiger partial charge in [0.1, 0.15) is 5.03 Å². The lowest BCUT2D eigenvalue weighted by atomic mass is 9.96. The molecule has 0 fully saturated rings. The highest BCUT2D eigenvalue weighted by atomic mass is 32.2. The van der Waals surface area contributed by atoms with Crippen LogP contribution in [0.5, 0.6) is 0 Å². The van der Waals surface area contributed by atoms with Crippen molar-refractivity contribution in [2.75, 3.05) is 12.9 Å². The molecule has 6 nitrogen and oxygen atoms in total. The number of carbonyl (C=O) groups is 3. The van der Waals surface area contributed by atoms with Crippen molar-refractivity contribution in [2.24, 2.45) is 5.41 Å². The summed E-state index contributed by atoms with van der Waals surface area (Å²) >= 11 is 2.61. The lowest BCUT2D eigenvalue weighted by Crippen LogP contribution is -2.34. The first-order valence-electron chi connectivity index (χ1n) is 8.28. The van der Waals surface area contributed by atoms with Crippen LogP contribution in [0.4, 0.5) is 0 Å². The molecule has 27 heavy (non-hydrogen) atoms. The van der Waals surface area contributed by atoms with Gasteiger partial charge in [0.2, 0.25) is 11.7 Å². The summed E-state index contributed by atoms with van der Waals surface area (Å²) in [4.78, 5) is 41.8. The Bertz CT molecular complexity index is 840. The Hall–Kier alpha value is -2.19. The zero-order valence-corrected chi connectivity index (χ0v) is 17.3. The van der Waals surface area contributed by atoms with E-state index in [9.17, 15) is 14.4 Å². The number of carbonyl (C=O) groups excluding carboxylic acids is 3. The minimum absolute atomic E-state index is 0.0567. The second-order valence-electron chi connectivity index (χ2n) is 6.76. The van der Waals surface area contributed by atoms with Crippen LogP contribution in [0.1, 0.15) is 45.7 Å². The molecule has 0 radical (unpaired) electrons. The van der Waals surface area contributed by atoms with Gasteiger partial charge < -0.3 is 10.1 Å². The van der Waals surface area contributed by atoms with E-state index in [0.717, 1.165) is 4.88 Å². The molecule has 0 saturated heterocycles. The van der Waals surface area contributed by atoms with Gasteiger partial charge in [0.05, 0.1) is 17.0 Å². The molecule has 0 spiro atoms. The van der Waals surface area contributed by atoms with Gasteiger partial charge in [-0.25, -0.2) is 9.78 Å². The molecular formula is C19H22N2O4S2. The first kappa shape index (κ1) is 21.1. The van der Waals surface area contributed by atoms with Crippen molar-refractivity contribution in [3.63, 3.8) is 0 Å². The van der Waals surface area contributed by atoms with Crippen LogP contribution in [-0.2, 0) is 16.1 Å². The Kier molecular flexibility index (Phi) is 7.15. The summed E-state index contributed by atoms with van der Waals surface area (Å²) < 4.78 is 5.13. The van der Waals surface area contributed by atoms with E-state index in [1.54, 1.807) is 30.5 Å². The molecule has 0 atom stereocenters. The summed E-state index contributed by atoms with van der Waals surface area (Å²) in [6.07, 6.45) is 3.41. The van der Waals surface area contributed by atoms with Gasteiger partial charge in [-0.3, -0.25) is 9.59 Å². The predicted octanol–water partition coefficient (Wildman–Crippen LogP) is 3.57. The summed E-state index contributed by atoms with van der Waals surface area (Å²) in [6, 6.07) is 6.73. The van der Waals surface area contributed by atoms with E-state index in [4.69, 9.17) is 4.74 Å². The third-order valence-corrected chi connectivity index (χ3v) is 5.40. The van der Waals surface area contributed by atoms with E-state index in [2.05, 4.69) is 10.3 Å². The number of aromatic nitrogens is 1. The number of hydrogen-bond acceptors (Lipinski definition) is 7. The van der Waals surface area contributed by atoms with Crippen molar-refractivity contribution in [2.45, 2.75) is 32.3 Å². The number of esters is 1. The fraction of sp³-hybridized carbons (Fsp3) is 0.368. The minimum Gasteiger partial charge on any atom is -0.454 e. The van der Waals surface area contributed by atoms with Crippen LogP contribution in [-0.4, -0.2) is 35.5 Å². The van der Waals surface area contributed by atoms with Crippen LogP contribution >= 0.6 is 23.1 Å². The van der Waals surface area contributed by atoms with Crippen molar-refractivity contribution in [3.8, 4) is 0 Å². The molecule has 144 valence electrons. The lowest BCUT2D eigenvalue weighted by molar-refractivity contribution is -0.128. The number of Topliss-reactive ketones (excluding diaryl/α,β-unsaturated/α-hetero) is 1. The molecule has 8 heteroatoms. The number of nitrogens with zero attached hydrogens (tertiary/aromatic N) is 1. The van der Waals surface area contributed by atoms with Gasteiger partial charge in [-0.05, 0) is 30.5 Å². The normalized spacial score (nSPS) is 11.1. The largest absolute Gasteiger partial charge is 0.454 e. The van der Waals surface area contributed by atoms with E-state index in [-0.39, 0.29) is 18.3 Å². The molecule has 2 aromatic heterocycles. The van der Waals surface area contributed by atoms with Crippen LogP contribution in [0.25, 0.3) is 0 Å². The number of pyridine rings is 1. The van der Waals surface area contributed by atoms with E-state index >= 15 is 0 Å². The Labute approximate surface area is 166 Å². The molecular weight excluding hydrogens is 384 g/mol. The fourth-order valence-corrected chi connectivity index (χ4v) is 3.45. The molecule has 2 heterocycles. The maximum absolute atomic E-state index is 12.3. The minimum atomic E-state index is -0.574. The summed E-state index contributed by atoms with van der Waals surface area (Å²) in [5, 5.41) is 3.40. The fourth-order valence-electron chi connectivity index (χ4n) is 2.04. The van der Waals surface area contributed by atoms with Crippen molar-refractivity contribution >= 4 is 40.8 Å². The number of nitrogens with one attached hydrogen (secondary N) is 1. The molecule has 0 aliphatic heterocycles. The molecule has 0 aromatic carbocycles. The van der Waals surface area contributed by atoms with Gasteiger partial charge >= 0.3 is 5.97 Å². The number of thioether (sulfide) groups is 1. The van der Waals surface area contributed by atoms with Crippen molar-refractivity contribution in [1.82, 2.24) is 10.3 Å². The van der Waals surface area contributed by atoms with Gasteiger partial charge in [0, 0.05) is 16.5 Å². The average molecular weight is 407 g/mol. The third-order valence-electron chi connectivity index (χ3n) is 3.56. The maximum Gasteiger partial charge on any atom is 0.341 e. The molecule has 0 unspecified atom stereocenters. The number of rotatable bonds is 7. The van der Waals surface area contributed by atoms with Crippen molar-refractivity contribution in [1.29, 1.82) is 0 Å². The number of ketones is 1. The number of thiophene rings is 1. The molecule has 0 aliphatic rings. The summed E-state index contributed by atoms with van der Waals surface area (Å²) in [5.41, 5.74) is -0.124. The van der Waals surface area contributed by atoms with Crippen molar-refractivity contribution in [3.05, 3.63) is 45.8 Å². The highest BCUT2D eigenvalue weighted by molar-refractivity contribution is 7.98. The maximum atomic E-state index is 12.3. The van der Waals surface area contributed by atoms with Gasteiger partial charge in [-0.15, -0.1) is 23.1 Å². The van der Waals surface area contributed by atoms with Crippen LogP contribution in [0.15, 0.2) is 35.5 Å². The van der Waals surface area contributed by atoms with Crippen LogP contribution in [0, 0.1) is 5.41 Å². The highest BCUT2D eigenvalue weighted by Gasteiger charge is 2.21. The number of ether oxygens (including phenoxy) is 1. The standard InChI is InChI=1S/C19H22N2O4S2/c1-19(2,3)18(24)21-10-12-7-8-15(27-12)14(22)11-25-17(23)13-6-5-9-20-16(13)26-4/h5-9H,10-11H2,1-4H3,(H,21,24). The summed E-state index contributed by atoms with van der Waals surface area (Å²) in [5.74, 6) is -0.912. The number of amides is 1. The van der Waals surface area contributed by atoms with Gasteiger partial charge in [0.15, 0.2) is 6.61 Å². The zero-order chi connectivity index (χ0) is 20.0. The lowest BCUT2D eigenvalue weighted by Gasteiger charge is -2.17. The van der Waals surface area contributed by atoms with E-state index in [1.165, 1.54) is 23.1 Å². The monoisotopic (exact) mass is 406 g/mol. The Balaban J connectivity index is 1.90. The second kappa shape index (κ2) is 9.14. The quantitative estimate of drug-likeness (QED) is 0.430. The van der Waals surface area contributed by atoms with Gasteiger partial charge in [-0.1, -0.05) is 20.8 Å². The molecule has 1 N–H and O–H groups in total. The highest BCUT2D eigenvalue weighted by Crippen LogP contribution is 2.20. The SMILES string of the molecule is CSc1ncccc1C(=O)OCC(=O)c1ccc(CNC(=O)C(C)(C)C)s1. The van der Waals surface area contributed by atoms with Crippen LogP contribution in [0.3, 0.4) is 0 Å². The van der Waals surface area contributed by atoms with Crippen LogP contribution in [0.2, 0.25) is 0 Å². The summed E-state index contributed by atoms with van der Waals surface area (Å²) in [7, 11) is 0. The molecule has 0 saturated carbocycles. The van der Waals surface area contributed by atoms with E-state index in [1.807, 2.05) is 27.0 Å². The van der Waals surface area contributed by atoms with Crippen molar-refractivity contribution < 1.29 is 19.1 Å². The molecule has 0 bridgehead atoms. The Morgan fingerprint density at radius 3 is 2.63 bits per heavy atom. The van der Waals surface area contributed by atoms with E-state index in [0.29, 0.717) is 22.0 Å². The third kappa shape index (κ3) is 5.90. The topological polar surface area (TPSA) is 85.4 Å². The molecule has 2 rings (SSSR count). The molecule has 0 aliphatic carbocycles. The second-order valence-corrected chi connectivity index (χ2v) is 8.72. The zero-order valence-electron chi connectivity index (χ0n) is 15.7. The predicted molar refractivity (Wildman–Crippen MR) is 106 cm³/mol. The van der Waals surface area contributed by atoms with E-state index < -0.39 is 11.4 Å². The first-order chi connectivity index (χ1) is 12.7. The summed E-state index contributed by atoms with van der Waals surface area (Å²) in [6.45, 7) is 5.54. The number of hydrogen-bond donors (Lipinski definition) is 1.